The smallest absolute Gasteiger partial charge is 0.270 e. The number of hydrazone groups is 1. The highest BCUT2D eigenvalue weighted by atomic mass is 16.5. The summed E-state index contributed by atoms with van der Waals surface area (Å²) < 4.78 is 5.13. The minimum atomic E-state index is -0.296. The van der Waals surface area contributed by atoms with Crippen molar-refractivity contribution >= 4 is 29.1 Å². The standard InChI is InChI=1S/C17H20N4O4/c1-11-9-21(12-3-5-13(25-2)6-4-12)16(23)10-20(11)17(24)14-7-8-15(22)19-18-14/h3-6,11H,7-10H2,1-2H3,(H,19,22)/t11-/m0/s1. The van der Waals surface area contributed by atoms with Crippen LogP contribution in [-0.2, 0) is 14.4 Å². The van der Waals surface area contributed by atoms with Crippen LogP contribution in [0, 0.1) is 0 Å². The van der Waals surface area contributed by atoms with Crippen LogP contribution >= 0.6 is 0 Å². The first kappa shape index (κ1) is 16.9. The number of methoxy groups -OCH3 is 1. The molecule has 3 amide bonds. The topological polar surface area (TPSA) is 91.3 Å². The summed E-state index contributed by atoms with van der Waals surface area (Å²) in [6.45, 7) is 2.28. The molecule has 0 aliphatic carbocycles. The van der Waals surface area contributed by atoms with Crippen molar-refractivity contribution in [2.24, 2.45) is 5.10 Å². The molecular weight excluding hydrogens is 324 g/mol. The number of amides is 3. The first-order valence-corrected chi connectivity index (χ1v) is 8.10. The van der Waals surface area contributed by atoms with E-state index in [0.29, 0.717) is 13.0 Å². The van der Waals surface area contributed by atoms with Gasteiger partial charge in [-0.2, -0.15) is 5.10 Å². The molecule has 0 radical (unpaired) electrons. The highest BCUT2D eigenvalue weighted by molar-refractivity contribution is 6.39. The molecular formula is C17H20N4O4. The molecule has 1 fully saturated rings. The number of carbonyl (C=O) groups is 3. The average Bonchev–Trinajstić information content (AvgIpc) is 2.63. The molecule has 1 aromatic carbocycles. The Bertz CT molecular complexity index is 729. The third-order valence-corrected chi connectivity index (χ3v) is 4.38. The third kappa shape index (κ3) is 3.47. The van der Waals surface area contributed by atoms with Gasteiger partial charge in [-0.1, -0.05) is 0 Å². The van der Waals surface area contributed by atoms with E-state index in [4.69, 9.17) is 4.74 Å². The number of benzene rings is 1. The molecule has 1 N–H and O–H groups in total. The summed E-state index contributed by atoms with van der Waals surface area (Å²) in [5, 5.41) is 3.83. The molecule has 2 aliphatic heterocycles. The van der Waals surface area contributed by atoms with Crippen LogP contribution in [0.25, 0.3) is 0 Å². The van der Waals surface area contributed by atoms with Gasteiger partial charge in [-0.25, -0.2) is 5.43 Å². The van der Waals surface area contributed by atoms with Crippen LogP contribution in [0.4, 0.5) is 5.69 Å². The van der Waals surface area contributed by atoms with Crippen LogP contribution < -0.4 is 15.1 Å². The van der Waals surface area contributed by atoms with Crippen molar-refractivity contribution in [3.8, 4) is 5.75 Å². The zero-order valence-electron chi connectivity index (χ0n) is 14.2. The van der Waals surface area contributed by atoms with Gasteiger partial charge in [-0.15, -0.1) is 0 Å². The predicted molar refractivity (Wildman–Crippen MR) is 91.3 cm³/mol. The number of hydrogen-bond donors (Lipinski definition) is 1. The Balaban J connectivity index is 1.72. The Morgan fingerprint density at radius 2 is 1.96 bits per heavy atom. The van der Waals surface area contributed by atoms with Crippen molar-refractivity contribution < 1.29 is 19.1 Å². The van der Waals surface area contributed by atoms with E-state index in [1.807, 2.05) is 19.1 Å². The van der Waals surface area contributed by atoms with E-state index in [2.05, 4.69) is 10.5 Å². The van der Waals surface area contributed by atoms with Gasteiger partial charge in [0.05, 0.1) is 7.11 Å². The maximum atomic E-state index is 12.6. The van der Waals surface area contributed by atoms with Gasteiger partial charge in [0.2, 0.25) is 11.8 Å². The summed E-state index contributed by atoms with van der Waals surface area (Å²) in [6.07, 6.45) is 0.531. The average molecular weight is 344 g/mol. The second-order valence-corrected chi connectivity index (χ2v) is 6.08. The summed E-state index contributed by atoms with van der Waals surface area (Å²) in [7, 11) is 1.59. The number of hydrogen-bond acceptors (Lipinski definition) is 5. The fourth-order valence-electron chi connectivity index (χ4n) is 2.93. The minimum Gasteiger partial charge on any atom is -0.497 e. The fourth-order valence-corrected chi connectivity index (χ4v) is 2.93. The molecule has 0 spiro atoms. The van der Waals surface area contributed by atoms with Crippen molar-refractivity contribution in [2.45, 2.75) is 25.8 Å². The van der Waals surface area contributed by atoms with Gasteiger partial charge in [0.1, 0.15) is 18.0 Å². The van der Waals surface area contributed by atoms with Crippen LogP contribution in [0.2, 0.25) is 0 Å². The molecule has 0 saturated carbocycles. The molecule has 1 saturated heterocycles. The molecule has 0 unspecified atom stereocenters. The van der Waals surface area contributed by atoms with Crippen LogP contribution in [0.3, 0.4) is 0 Å². The number of piperazine rings is 1. The lowest BCUT2D eigenvalue weighted by atomic mass is 10.1. The van der Waals surface area contributed by atoms with E-state index in [1.165, 1.54) is 4.90 Å². The first-order valence-electron chi connectivity index (χ1n) is 8.10. The Morgan fingerprint density at radius 1 is 1.24 bits per heavy atom. The maximum absolute atomic E-state index is 12.6. The first-order chi connectivity index (χ1) is 12.0. The molecule has 8 nitrogen and oxygen atoms in total. The molecule has 1 atom stereocenters. The van der Waals surface area contributed by atoms with E-state index in [1.54, 1.807) is 24.1 Å². The Kier molecular flexibility index (Phi) is 4.69. The number of nitrogens with zero attached hydrogens (tertiary/aromatic N) is 3. The number of rotatable bonds is 3. The van der Waals surface area contributed by atoms with Crippen molar-refractivity contribution in [1.82, 2.24) is 10.3 Å². The zero-order chi connectivity index (χ0) is 18.0. The fraction of sp³-hybridized carbons (Fsp3) is 0.412. The van der Waals surface area contributed by atoms with E-state index in [-0.39, 0.29) is 42.4 Å². The summed E-state index contributed by atoms with van der Waals surface area (Å²) in [5.41, 5.74) is 3.38. The molecule has 0 aromatic heterocycles. The summed E-state index contributed by atoms with van der Waals surface area (Å²) in [4.78, 5) is 39.5. The highest BCUT2D eigenvalue weighted by Gasteiger charge is 2.35. The number of carbonyl (C=O) groups excluding carboxylic acids is 3. The van der Waals surface area contributed by atoms with E-state index >= 15 is 0 Å². The third-order valence-electron chi connectivity index (χ3n) is 4.38. The lowest BCUT2D eigenvalue weighted by Gasteiger charge is -2.39. The number of nitrogens with one attached hydrogen (secondary N) is 1. The van der Waals surface area contributed by atoms with Crippen molar-refractivity contribution in [1.29, 1.82) is 0 Å². The van der Waals surface area contributed by atoms with Gasteiger partial charge in [0, 0.05) is 31.1 Å². The second-order valence-electron chi connectivity index (χ2n) is 6.08. The largest absolute Gasteiger partial charge is 0.497 e. The van der Waals surface area contributed by atoms with E-state index in [0.717, 1.165) is 11.4 Å². The molecule has 2 heterocycles. The molecule has 2 aliphatic rings. The second kappa shape index (κ2) is 6.92. The van der Waals surface area contributed by atoms with Crippen molar-refractivity contribution in [2.75, 3.05) is 25.1 Å². The van der Waals surface area contributed by atoms with Crippen LogP contribution in [-0.4, -0.2) is 54.6 Å². The predicted octanol–water partition coefficient (Wildman–Crippen LogP) is 0.525. The molecule has 0 bridgehead atoms. The molecule has 3 rings (SSSR count). The van der Waals surface area contributed by atoms with Crippen LogP contribution in [0.5, 0.6) is 5.75 Å². The zero-order valence-corrected chi connectivity index (χ0v) is 14.2. The molecule has 8 heteroatoms. The van der Waals surface area contributed by atoms with E-state index < -0.39 is 0 Å². The van der Waals surface area contributed by atoms with Gasteiger partial charge in [0.15, 0.2) is 0 Å². The van der Waals surface area contributed by atoms with Gasteiger partial charge < -0.3 is 14.5 Å². The normalized spacial score (nSPS) is 20.9. The highest BCUT2D eigenvalue weighted by Crippen LogP contribution is 2.23. The van der Waals surface area contributed by atoms with Gasteiger partial charge in [-0.05, 0) is 31.2 Å². The SMILES string of the molecule is COc1ccc(N2C[C@H](C)N(C(=O)C3=NNC(=O)CC3)CC2=O)cc1. The molecule has 25 heavy (non-hydrogen) atoms. The lowest BCUT2D eigenvalue weighted by molar-refractivity contribution is -0.134. The Labute approximate surface area is 145 Å². The van der Waals surface area contributed by atoms with Gasteiger partial charge in [-0.3, -0.25) is 14.4 Å². The van der Waals surface area contributed by atoms with Crippen LogP contribution in [0.15, 0.2) is 29.4 Å². The Morgan fingerprint density at radius 3 is 2.56 bits per heavy atom. The van der Waals surface area contributed by atoms with Crippen LogP contribution in [0.1, 0.15) is 19.8 Å². The lowest BCUT2D eigenvalue weighted by Crippen LogP contribution is -2.58. The van der Waals surface area contributed by atoms with E-state index in [9.17, 15) is 14.4 Å². The summed E-state index contributed by atoms with van der Waals surface area (Å²) >= 11 is 0. The van der Waals surface area contributed by atoms with Gasteiger partial charge in [0.25, 0.3) is 5.91 Å². The number of ether oxygens (including phenoxy) is 1. The molecule has 1 aromatic rings. The monoisotopic (exact) mass is 344 g/mol. The summed E-state index contributed by atoms with van der Waals surface area (Å²) in [6, 6.07) is 7.07. The maximum Gasteiger partial charge on any atom is 0.270 e. The summed E-state index contributed by atoms with van der Waals surface area (Å²) in [5.74, 6) is 0.0627. The molecule has 132 valence electrons. The van der Waals surface area contributed by atoms with Crippen molar-refractivity contribution in [3.63, 3.8) is 0 Å². The minimum absolute atomic E-state index is 0.0149. The number of anilines is 1. The Hall–Kier alpha value is -2.90. The van der Waals surface area contributed by atoms with Crippen molar-refractivity contribution in [3.05, 3.63) is 24.3 Å². The van der Waals surface area contributed by atoms with Gasteiger partial charge >= 0.3 is 0 Å². The quantitative estimate of drug-likeness (QED) is 0.866.